The zero-order valence-electron chi connectivity index (χ0n) is 9.95. The molecule has 3 N–H and O–H groups in total. The van der Waals surface area contributed by atoms with Crippen molar-refractivity contribution in [1.29, 1.82) is 0 Å². The van der Waals surface area contributed by atoms with Crippen molar-refractivity contribution in [3.8, 4) is 0 Å². The Balaban J connectivity index is 3.87. The van der Waals surface area contributed by atoms with Gasteiger partial charge in [0.15, 0.2) is 9.84 Å². The summed E-state index contributed by atoms with van der Waals surface area (Å²) >= 11 is 0. The zero-order chi connectivity index (χ0) is 12.8. The summed E-state index contributed by atoms with van der Waals surface area (Å²) in [6, 6.07) is 0. The van der Waals surface area contributed by atoms with Gasteiger partial charge in [-0.3, -0.25) is 0 Å². The third-order valence-corrected chi connectivity index (χ3v) is 3.19. The Labute approximate surface area is 96.4 Å². The second-order valence-electron chi connectivity index (χ2n) is 4.37. The normalized spacial score (nSPS) is 12.2. The second-order valence-corrected chi connectivity index (χ2v) is 6.67. The molecule has 0 spiro atoms. The van der Waals surface area contributed by atoms with E-state index in [1.165, 1.54) is 0 Å². The number of nitrogens with one attached hydrogen (secondary N) is 1. The molecular formula is C9H20N2O4S. The van der Waals surface area contributed by atoms with Crippen LogP contribution in [0.4, 0.5) is 4.79 Å². The van der Waals surface area contributed by atoms with Crippen molar-refractivity contribution >= 4 is 15.9 Å². The van der Waals surface area contributed by atoms with Crippen molar-refractivity contribution in [2.45, 2.75) is 26.4 Å². The van der Waals surface area contributed by atoms with E-state index in [2.05, 4.69) is 5.32 Å². The zero-order valence-corrected chi connectivity index (χ0v) is 10.8. The number of rotatable bonds is 5. The molecule has 96 valence electrons. The molecule has 0 bridgehead atoms. The predicted molar refractivity (Wildman–Crippen MR) is 61.9 cm³/mol. The quantitative estimate of drug-likeness (QED) is 0.711. The van der Waals surface area contributed by atoms with Gasteiger partial charge in [-0.15, -0.1) is 0 Å². The molecule has 0 aromatic heterocycles. The molecule has 0 rings (SSSR count). The molecule has 16 heavy (non-hydrogen) atoms. The summed E-state index contributed by atoms with van der Waals surface area (Å²) in [5.41, 5.74) is 4.56. The smallest absolute Gasteiger partial charge is 0.407 e. The van der Waals surface area contributed by atoms with Gasteiger partial charge in [-0.1, -0.05) is 0 Å². The molecule has 0 aromatic carbocycles. The van der Waals surface area contributed by atoms with Gasteiger partial charge in [0.1, 0.15) is 5.60 Å². The Morgan fingerprint density at radius 2 is 1.88 bits per heavy atom. The topological polar surface area (TPSA) is 98.5 Å². The number of amides is 1. The van der Waals surface area contributed by atoms with Crippen molar-refractivity contribution in [3.63, 3.8) is 0 Å². The highest BCUT2D eigenvalue weighted by Crippen LogP contribution is 2.06. The number of hydrogen-bond donors (Lipinski definition) is 2. The molecule has 6 nitrogen and oxygen atoms in total. The highest BCUT2D eigenvalue weighted by Gasteiger charge is 2.16. The molecule has 0 aliphatic rings. The maximum Gasteiger partial charge on any atom is 0.407 e. The lowest BCUT2D eigenvalue weighted by atomic mass is 10.2. The molecule has 0 unspecified atom stereocenters. The second kappa shape index (κ2) is 6.05. The van der Waals surface area contributed by atoms with Crippen molar-refractivity contribution in [2.75, 3.05) is 24.6 Å². The van der Waals surface area contributed by atoms with Crippen LogP contribution in [-0.4, -0.2) is 44.7 Å². The average Bonchev–Trinajstić information content (AvgIpc) is 1.99. The first kappa shape index (κ1) is 15.2. The van der Waals surface area contributed by atoms with Gasteiger partial charge in [0.25, 0.3) is 0 Å². The minimum Gasteiger partial charge on any atom is -0.444 e. The van der Waals surface area contributed by atoms with E-state index in [1.807, 2.05) is 0 Å². The van der Waals surface area contributed by atoms with E-state index >= 15 is 0 Å². The van der Waals surface area contributed by atoms with Crippen LogP contribution in [0.15, 0.2) is 0 Å². The largest absolute Gasteiger partial charge is 0.444 e. The molecule has 1 amide bonds. The molecule has 0 saturated heterocycles. The Morgan fingerprint density at radius 1 is 1.31 bits per heavy atom. The molecule has 0 heterocycles. The number of carbonyl (C=O) groups excluding carboxylic acids is 1. The number of ether oxygens (including phenoxy) is 1. The van der Waals surface area contributed by atoms with E-state index in [9.17, 15) is 13.2 Å². The molecule has 0 aliphatic carbocycles. The Morgan fingerprint density at radius 3 is 2.31 bits per heavy atom. The molecule has 0 fully saturated rings. The van der Waals surface area contributed by atoms with Crippen LogP contribution in [0.25, 0.3) is 0 Å². The summed E-state index contributed by atoms with van der Waals surface area (Å²) in [5.74, 6) is -0.188. The first-order valence-electron chi connectivity index (χ1n) is 5.03. The van der Waals surface area contributed by atoms with Gasteiger partial charge in [0.05, 0.1) is 11.5 Å². The van der Waals surface area contributed by atoms with Crippen molar-refractivity contribution in [3.05, 3.63) is 0 Å². The molecule has 0 saturated carbocycles. The predicted octanol–water partition coefficient (Wildman–Crippen LogP) is -0.115. The van der Waals surface area contributed by atoms with E-state index in [0.717, 1.165) is 0 Å². The number of nitrogens with two attached hydrogens (primary N) is 1. The maximum absolute atomic E-state index is 11.2. The molecule has 0 radical (unpaired) electrons. The fraction of sp³-hybridized carbons (Fsp3) is 0.889. The molecule has 0 atom stereocenters. The van der Waals surface area contributed by atoms with Crippen LogP contribution in [0.1, 0.15) is 20.8 Å². The van der Waals surface area contributed by atoms with E-state index < -0.39 is 21.5 Å². The van der Waals surface area contributed by atoms with Gasteiger partial charge in [0, 0.05) is 13.1 Å². The van der Waals surface area contributed by atoms with Crippen molar-refractivity contribution < 1.29 is 17.9 Å². The third kappa shape index (κ3) is 8.49. The van der Waals surface area contributed by atoms with Gasteiger partial charge < -0.3 is 15.8 Å². The number of alkyl carbamates (subject to hydrolysis) is 1. The van der Waals surface area contributed by atoms with Crippen LogP contribution in [0.2, 0.25) is 0 Å². The summed E-state index contributed by atoms with van der Waals surface area (Å²) in [7, 11) is -3.17. The highest BCUT2D eigenvalue weighted by molar-refractivity contribution is 7.91. The first-order chi connectivity index (χ1) is 7.16. The van der Waals surface area contributed by atoms with Crippen LogP contribution < -0.4 is 11.1 Å². The van der Waals surface area contributed by atoms with Crippen molar-refractivity contribution in [1.82, 2.24) is 5.32 Å². The number of sulfone groups is 1. The van der Waals surface area contributed by atoms with E-state index in [0.29, 0.717) is 0 Å². The summed E-state index contributed by atoms with van der Waals surface area (Å²) in [4.78, 5) is 11.1. The van der Waals surface area contributed by atoms with Gasteiger partial charge in [-0.25, -0.2) is 13.2 Å². The standard InChI is InChI=1S/C9H20N2O4S/c1-9(2,3)15-8(12)11-5-7-16(13,14)6-4-10/h4-7,10H2,1-3H3,(H,11,12). The molecule has 0 aromatic rings. The minimum absolute atomic E-state index is 0.0389. The first-order valence-corrected chi connectivity index (χ1v) is 6.86. The molecule has 7 heteroatoms. The van der Waals surface area contributed by atoms with Crippen molar-refractivity contribution in [2.24, 2.45) is 5.73 Å². The fourth-order valence-electron chi connectivity index (χ4n) is 0.904. The molecular weight excluding hydrogens is 232 g/mol. The van der Waals surface area contributed by atoms with Gasteiger partial charge in [0.2, 0.25) is 0 Å². The lowest BCUT2D eigenvalue weighted by Crippen LogP contribution is -2.35. The summed E-state index contributed by atoms with van der Waals surface area (Å²) in [6.45, 7) is 5.33. The molecule has 0 aliphatic heterocycles. The number of carbonyl (C=O) groups is 1. The van der Waals surface area contributed by atoms with Crippen LogP contribution in [-0.2, 0) is 14.6 Å². The maximum atomic E-state index is 11.2. The summed E-state index contributed by atoms with van der Waals surface area (Å²) in [5, 5.41) is 2.37. The lowest BCUT2D eigenvalue weighted by molar-refractivity contribution is 0.0531. The van der Waals surface area contributed by atoms with Gasteiger partial charge >= 0.3 is 6.09 Å². The van der Waals surface area contributed by atoms with Crippen LogP contribution in [0.5, 0.6) is 0 Å². The fourth-order valence-corrected chi connectivity index (χ4v) is 1.88. The van der Waals surface area contributed by atoms with Gasteiger partial charge in [-0.2, -0.15) is 0 Å². The SMILES string of the molecule is CC(C)(C)OC(=O)NCCS(=O)(=O)CCN. The van der Waals surface area contributed by atoms with Crippen LogP contribution in [0, 0.1) is 0 Å². The monoisotopic (exact) mass is 252 g/mol. The Kier molecular flexibility index (Phi) is 5.74. The Bertz CT molecular complexity index is 319. The summed E-state index contributed by atoms with van der Waals surface area (Å²) in [6.07, 6.45) is -0.615. The van der Waals surface area contributed by atoms with E-state index in [4.69, 9.17) is 10.5 Å². The van der Waals surface area contributed by atoms with Crippen LogP contribution in [0.3, 0.4) is 0 Å². The van der Waals surface area contributed by atoms with E-state index in [1.54, 1.807) is 20.8 Å². The Hall–Kier alpha value is -0.820. The van der Waals surface area contributed by atoms with Crippen LogP contribution >= 0.6 is 0 Å². The summed E-state index contributed by atoms with van der Waals surface area (Å²) < 4.78 is 27.4. The lowest BCUT2D eigenvalue weighted by Gasteiger charge is -2.19. The highest BCUT2D eigenvalue weighted by atomic mass is 32.2. The third-order valence-electron chi connectivity index (χ3n) is 1.51. The van der Waals surface area contributed by atoms with Gasteiger partial charge in [-0.05, 0) is 20.8 Å². The van der Waals surface area contributed by atoms with E-state index in [-0.39, 0.29) is 24.6 Å². The minimum atomic E-state index is -3.17. The average molecular weight is 252 g/mol. The number of hydrogen-bond acceptors (Lipinski definition) is 5.